The summed E-state index contributed by atoms with van der Waals surface area (Å²) in [6.45, 7) is 5.76. The number of rotatable bonds is 4. The average Bonchev–Trinajstić information content (AvgIpc) is 2.73. The quantitative estimate of drug-likeness (QED) is 0.852. The zero-order chi connectivity index (χ0) is 14.9. The lowest BCUT2D eigenvalue weighted by molar-refractivity contribution is -0.123. The lowest BCUT2D eigenvalue weighted by atomic mass is 10.2. The van der Waals surface area contributed by atoms with Crippen molar-refractivity contribution in [2.45, 2.75) is 32.9 Å². The number of fused-ring (bicyclic) bond motifs is 1. The van der Waals surface area contributed by atoms with Crippen LogP contribution in [0.25, 0.3) is 11.0 Å². The van der Waals surface area contributed by atoms with E-state index in [1.165, 1.54) is 0 Å². The Labute approximate surface area is 122 Å². The second-order valence-electron chi connectivity index (χ2n) is 4.91. The van der Waals surface area contributed by atoms with Gasteiger partial charge in [-0.25, -0.2) is 0 Å². The number of nitrogens with zero attached hydrogens (tertiary/aromatic N) is 1. The summed E-state index contributed by atoms with van der Waals surface area (Å²) in [5, 5.41) is 2.64. The van der Waals surface area contributed by atoms with Gasteiger partial charge in [-0.2, -0.15) is 0 Å². The third-order valence-corrected chi connectivity index (χ3v) is 3.39. The Hall–Kier alpha value is -1.82. The predicted octanol–water partition coefficient (Wildman–Crippen LogP) is 2.79. The second-order valence-corrected chi connectivity index (χ2v) is 5.29. The highest BCUT2D eigenvalue weighted by molar-refractivity contribution is 7.71. The molecule has 108 valence electrons. The zero-order valence-electron chi connectivity index (χ0n) is 12.1. The smallest absolute Gasteiger partial charge is 0.242 e. The standard InChI is InChI=1S/C14H19N3O2S/c1-8(2)19-11-7-5-6-10-12(11)16-14(20)17(10)9(3)13(18)15-4/h5-9H,1-4H3,(H,15,18)(H,16,20). The number of H-pyrrole nitrogens is 1. The van der Waals surface area contributed by atoms with Crippen LogP contribution < -0.4 is 10.1 Å². The number of hydrogen-bond donors (Lipinski definition) is 2. The minimum absolute atomic E-state index is 0.0716. The van der Waals surface area contributed by atoms with Gasteiger partial charge in [0.15, 0.2) is 4.77 Å². The summed E-state index contributed by atoms with van der Waals surface area (Å²) < 4.78 is 8.08. The molecule has 1 unspecified atom stereocenters. The molecular formula is C14H19N3O2S. The predicted molar refractivity (Wildman–Crippen MR) is 81.7 cm³/mol. The molecule has 1 heterocycles. The van der Waals surface area contributed by atoms with Gasteiger partial charge in [-0.1, -0.05) is 6.07 Å². The van der Waals surface area contributed by atoms with Gasteiger partial charge < -0.3 is 19.6 Å². The van der Waals surface area contributed by atoms with Crippen molar-refractivity contribution < 1.29 is 9.53 Å². The summed E-state index contributed by atoms with van der Waals surface area (Å²) in [6.07, 6.45) is 0.0716. The van der Waals surface area contributed by atoms with Gasteiger partial charge in [0, 0.05) is 7.05 Å². The number of carbonyl (C=O) groups excluding carboxylic acids is 1. The number of hydrogen-bond acceptors (Lipinski definition) is 3. The van der Waals surface area contributed by atoms with Gasteiger partial charge in [0.25, 0.3) is 0 Å². The molecule has 2 aromatic rings. The van der Waals surface area contributed by atoms with Crippen molar-refractivity contribution in [3.63, 3.8) is 0 Å². The molecule has 1 atom stereocenters. The monoisotopic (exact) mass is 293 g/mol. The van der Waals surface area contributed by atoms with E-state index in [1.54, 1.807) is 11.6 Å². The van der Waals surface area contributed by atoms with E-state index in [1.807, 2.05) is 39.0 Å². The van der Waals surface area contributed by atoms with Crippen molar-refractivity contribution in [2.24, 2.45) is 0 Å². The molecule has 0 aliphatic rings. The van der Waals surface area contributed by atoms with E-state index in [0.29, 0.717) is 4.77 Å². The maximum atomic E-state index is 11.8. The molecular weight excluding hydrogens is 274 g/mol. The van der Waals surface area contributed by atoms with Crippen molar-refractivity contribution in [3.8, 4) is 5.75 Å². The van der Waals surface area contributed by atoms with Gasteiger partial charge in [0.1, 0.15) is 17.3 Å². The summed E-state index contributed by atoms with van der Waals surface area (Å²) in [6, 6.07) is 5.34. The van der Waals surface area contributed by atoms with E-state index in [2.05, 4.69) is 10.3 Å². The molecule has 0 saturated carbocycles. The van der Waals surface area contributed by atoms with Crippen LogP contribution in [0.15, 0.2) is 18.2 Å². The van der Waals surface area contributed by atoms with E-state index >= 15 is 0 Å². The number of likely N-dealkylation sites (N-methyl/N-ethyl adjacent to an activating group) is 1. The summed E-state index contributed by atoms with van der Waals surface area (Å²) in [5.41, 5.74) is 1.69. The van der Waals surface area contributed by atoms with Gasteiger partial charge in [-0.05, 0) is 45.1 Å². The number of imidazole rings is 1. The Morgan fingerprint density at radius 2 is 2.10 bits per heavy atom. The SMILES string of the molecule is CNC(=O)C(C)n1c(=S)[nH]c2c(OC(C)C)cccc21. The van der Waals surface area contributed by atoms with Crippen molar-refractivity contribution in [3.05, 3.63) is 23.0 Å². The molecule has 0 aliphatic carbocycles. The number of aromatic amines is 1. The highest BCUT2D eigenvalue weighted by Gasteiger charge is 2.18. The van der Waals surface area contributed by atoms with Crippen LogP contribution in [0.5, 0.6) is 5.75 Å². The van der Waals surface area contributed by atoms with Crippen LogP contribution in [0, 0.1) is 4.77 Å². The molecule has 2 rings (SSSR count). The Balaban J connectivity index is 2.61. The molecule has 0 radical (unpaired) electrons. The van der Waals surface area contributed by atoms with E-state index in [-0.39, 0.29) is 18.1 Å². The van der Waals surface area contributed by atoms with Crippen molar-refractivity contribution in [1.29, 1.82) is 0 Å². The Kier molecular flexibility index (Phi) is 4.13. The van der Waals surface area contributed by atoms with Crippen LogP contribution in [0.3, 0.4) is 0 Å². The van der Waals surface area contributed by atoms with Gasteiger partial charge in [-0.15, -0.1) is 0 Å². The number of ether oxygens (including phenoxy) is 1. The molecule has 6 heteroatoms. The number of amides is 1. The molecule has 0 fully saturated rings. The minimum atomic E-state index is -0.379. The third kappa shape index (κ3) is 2.56. The first-order chi connectivity index (χ1) is 9.45. The fourth-order valence-corrected chi connectivity index (χ4v) is 2.54. The fraction of sp³-hybridized carbons (Fsp3) is 0.429. The molecule has 2 N–H and O–H groups in total. The van der Waals surface area contributed by atoms with Crippen LogP contribution in [-0.2, 0) is 4.79 Å². The number of aromatic nitrogens is 2. The normalized spacial score (nSPS) is 12.7. The highest BCUT2D eigenvalue weighted by atomic mass is 32.1. The maximum Gasteiger partial charge on any atom is 0.242 e. The first kappa shape index (κ1) is 14.6. The van der Waals surface area contributed by atoms with Crippen LogP contribution >= 0.6 is 12.2 Å². The average molecular weight is 293 g/mol. The van der Waals surface area contributed by atoms with E-state index in [9.17, 15) is 4.79 Å². The topological polar surface area (TPSA) is 59.0 Å². The summed E-state index contributed by atoms with van der Waals surface area (Å²) in [5.74, 6) is 0.656. The molecule has 1 aromatic carbocycles. The fourth-order valence-electron chi connectivity index (χ4n) is 2.19. The number of para-hydroxylation sites is 1. The van der Waals surface area contributed by atoms with Crippen molar-refractivity contribution >= 4 is 29.2 Å². The zero-order valence-corrected chi connectivity index (χ0v) is 12.9. The lowest BCUT2D eigenvalue weighted by Gasteiger charge is -2.14. The van der Waals surface area contributed by atoms with Gasteiger partial charge >= 0.3 is 0 Å². The number of benzene rings is 1. The minimum Gasteiger partial charge on any atom is -0.489 e. The van der Waals surface area contributed by atoms with E-state index < -0.39 is 0 Å². The van der Waals surface area contributed by atoms with Crippen LogP contribution in [-0.4, -0.2) is 28.6 Å². The van der Waals surface area contributed by atoms with Crippen molar-refractivity contribution in [2.75, 3.05) is 7.05 Å². The molecule has 0 spiro atoms. The molecule has 20 heavy (non-hydrogen) atoms. The Bertz CT molecular complexity index is 687. The van der Waals surface area contributed by atoms with Gasteiger partial charge in [-0.3, -0.25) is 4.79 Å². The molecule has 1 amide bonds. The third-order valence-electron chi connectivity index (χ3n) is 3.09. The molecule has 0 bridgehead atoms. The molecule has 0 aliphatic heterocycles. The molecule has 5 nitrogen and oxygen atoms in total. The van der Waals surface area contributed by atoms with E-state index in [0.717, 1.165) is 16.8 Å². The molecule has 1 aromatic heterocycles. The summed E-state index contributed by atoms with van der Waals surface area (Å²) in [4.78, 5) is 15.0. The Morgan fingerprint density at radius 1 is 1.40 bits per heavy atom. The number of nitrogens with one attached hydrogen (secondary N) is 2. The maximum absolute atomic E-state index is 11.8. The van der Waals surface area contributed by atoms with Crippen LogP contribution in [0.1, 0.15) is 26.8 Å². The largest absolute Gasteiger partial charge is 0.489 e. The van der Waals surface area contributed by atoms with Crippen molar-refractivity contribution in [1.82, 2.24) is 14.9 Å². The van der Waals surface area contributed by atoms with Crippen LogP contribution in [0.4, 0.5) is 0 Å². The molecule has 0 saturated heterocycles. The summed E-state index contributed by atoms with van der Waals surface area (Å²) >= 11 is 5.34. The first-order valence-electron chi connectivity index (χ1n) is 6.57. The van der Waals surface area contributed by atoms with Crippen LogP contribution in [0.2, 0.25) is 0 Å². The van der Waals surface area contributed by atoms with Gasteiger partial charge in [0.05, 0.1) is 11.6 Å². The van der Waals surface area contributed by atoms with E-state index in [4.69, 9.17) is 17.0 Å². The Morgan fingerprint density at radius 3 is 2.70 bits per heavy atom. The summed E-state index contributed by atoms with van der Waals surface area (Å²) in [7, 11) is 1.62. The second kappa shape index (κ2) is 5.66. The number of carbonyl (C=O) groups is 1. The lowest BCUT2D eigenvalue weighted by Crippen LogP contribution is -2.27. The van der Waals surface area contributed by atoms with Gasteiger partial charge in [0.2, 0.25) is 5.91 Å². The highest BCUT2D eigenvalue weighted by Crippen LogP contribution is 2.27. The first-order valence-corrected chi connectivity index (χ1v) is 6.98.